The van der Waals surface area contributed by atoms with E-state index in [1.54, 1.807) is 0 Å². The van der Waals surface area contributed by atoms with Gasteiger partial charge in [-0.25, -0.2) is 0 Å². The molecule has 2 aliphatic rings. The number of carbonyl (C=O) groups excluding carboxylic acids is 2. The molecule has 0 saturated heterocycles. The third-order valence-corrected chi connectivity index (χ3v) is 3.46. The highest BCUT2D eigenvalue weighted by molar-refractivity contribution is 5.78. The van der Waals surface area contributed by atoms with Crippen LogP contribution in [0.25, 0.3) is 0 Å². The molecule has 1 spiro atoms. The zero-order valence-electron chi connectivity index (χ0n) is 9.12. The van der Waals surface area contributed by atoms with Crippen molar-refractivity contribution in [2.45, 2.75) is 26.7 Å². The van der Waals surface area contributed by atoms with Crippen LogP contribution in [-0.4, -0.2) is 25.2 Å². The van der Waals surface area contributed by atoms with E-state index < -0.39 is 0 Å². The Morgan fingerprint density at radius 3 is 2.67 bits per heavy atom. The molecule has 2 rings (SSSR count). The SMILES string of the molecule is CCOC(=O)[C@H]1C[C@@]12C[C@H]2COC(C)=O. The number of esters is 2. The average Bonchev–Trinajstić information content (AvgIpc) is 3.04. The first-order valence-corrected chi connectivity index (χ1v) is 5.40. The molecule has 3 atom stereocenters. The molecule has 2 saturated carbocycles. The van der Waals surface area contributed by atoms with Gasteiger partial charge in [0.1, 0.15) is 0 Å². The van der Waals surface area contributed by atoms with Gasteiger partial charge >= 0.3 is 11.9 Å². The van der Waals surface area contributed by atoms with Crippen LogP contribution in [0, 0.1) is 17.3 Å². The number of ether oxygens (including phenoxy) is 2. The summed E-state index contributed by atoms with van der Waals surface area (Å²) in [7, 11) is 0. The molecule has 0 unspecified atom stereocenters. The molecular weight excluding hydrogens is 196 g/mol. The zero-order valence-corrected chi connectivity index (χ0v) is 9.12. The van der Waals surface area contributed by atoms with Crippen LogP contribution >= 0.6 is 0 Å². The maximum absolute atomic E-state index is 11.4. The van der Waals surface area contributed by atoms with Crippen molar-refractivity contribution in [2.24, 2.45) is 17.3 Å². The van der Waals surface area contributed by atoms with E-state index in [1.807, 2.05) is 6.92 Å². The lowest BCUT2D eigenvalue weighted by Crippen LogP contribution is -2.09. The van der Waals surface area contributed by atoms with Gasteiger partial charge < -0.3 is 9.47 Å². The van der Waals surface area contributed by atoms with Gasteiger partial charge in [0.2, 0.25) is 0 Å². The zero-order chi connectivity index (χ0) is 11.1. The van der Waals surface area contributed by atoms with Gasteiger partial charge in [0.15, 0.2) is 0 Å². The molecule has 0 radical (unpaired) electrons. The Bertz CT molecular complexity index is 299. The van der Waals surface area contributed by atoms with Crippen molar-refractivity contribution in [3.8, 4) is 0 Å². The standard InChI is InChI=1S/C11H16O4/c1-3-14-10(13)9-5-11(9)4-8(11)6-15-7(2)12/h8-9H,3-6H2,1-2H3/t8-,9+,11+/m0/s1. The fourth-order valence-electron chi connectivity index (χ4n) is 2.40. The van der Waals surface area contributed by atoms with Crippen molar-refractivity contribution in [3.05, 3.63) is 0 Å². The number of hydrogen-bond acceptors (Lipinski definition) is 4. The first kappa shape index (κ1) is 10.5. The monoisotopic (exact) mass is 212 g/mol. The van der Waals surface area contributed by atoms with Gasteiger partial charge in [0.05, 0.1) is 19.1 Å². The molecular formula is C11H16O4. The fourth-order valence-corrected chi connectivity index (χ4v) is 2.40. The smallest absolute Gasteiger partial charge is 0.309 e. The summed E-state index contributed by atoms with van der Waals surface area (Å²) < 4.78 is 9.91. The Labute approximate surface area is 88.9 Å². The molecule has 0 bridgehead atoms. The van der Waals surface area contributed by atoms with Crippen LogP contribution in [0.2, 0.25) is 0 Å². The van der Waals surface area contributed by atoms with Crippen LogP contribution < -0.4 is 0 Å². The Morgan fingerprint density at radius 2 is 2.07 bits per heavy atom. The maximum atomic E-state index is 11.4. The topological polar surface area (TPSA) is 52.6 Å². The molecule has 4 nitrogen and oxygen atoms in total. The Morgan fingerprint density at radius 1 is 1.33 bits per heavy atom. The second-order valence-corrected chi connectivity index (χ2v) is 4.45. The van der Waals surface area contributed by atoms with E-state index in [2.05, 4.69) is 0 Å². The summed E-state index contributed by atoms with van der Waals surface area (Å²) in [5.41, 5.74) is 0.141. The molecule has 0 aromatic heterocycles. The number of rotatable bonds is 4. The lowest BCUT2D eigenvalue weighted by molar-refractivity contribution is -0.145. The molecule has 2 fully saturated rings. The van der Waals surface area contributed by atoms with Crippen LogP contribution in [-0.2, 0) is 19.1 Å². The van der Waals surface area contributed by atoms with E-state index >= 15 is 0 Å². The minimum Gasteiger partial charge on any atom is -0.466 e. The third kappa shape index (κ3) is 1.85. The van der Waals surface area contributed by atoms with E-state index in [-0.39, 0.29) is 23.3 Å². The fraction of sp³-hybridized carbons (Fsp3) is 0.818. The summed E-state index contributed by atoms with van der Waals surface area (Å²) in [4.78, 5) is 22.0. The molecule has 84 valence electrons. The van der Waals surface area contributed by atoms with Gasteiger partial charge in [-0.15, -0.1) is 0 Å². The summed E-state index contributed by atoms with van der Waals surface area (Å²) in [5, 5.41) is 0. The largest absolute Gasteiger partial charge is 0.466 e. The molecule has 0 heterocycles. The summed E-state index contributed by atoms with van der Waals surface area (Å²) >= 11 is 0. The van der Waals surface area contributed by atoms with Gasteiger partial charge in [-0.1, -0.05) is 0 Å². The van der Waals surface area contributed by atoms with E-state index in [9.17, 15) is 9.59 Å². The maximum Gasteiger partial charge on any atom is 0.309 e. The van der Waals surface area contributed by atoms with Gasteiger partial charge in [-0.3, -0.25) is 9.59 Å². The van der Waals surface area contributed by atoms with Crippen molar-refractivity contribution < 1.29 is 19.1 Å². The lowest BCUT2D eigenvalue weighted by Gasteiger charge is -2.01. The van der Waals surface area contributed by atoms with Gasteiger partial charge in [0.25, 0.3) is 0 Å². The van der Waals surface area contributed by atoms with E-state index in [1.165, 1.54) is 6.92 Å². The quantitative estimate of drug-likeness (QED) is 0.656. The molecule has 0 amide bonds. The van der Waals surface area contributed by atoms with Gasteiger partial charge in [-0.2, -0.15) is 0 Å². The molecule has 0 aromatic rings. The average molecular weight is 212 g/mol. The first-order chi connectivity index (χ1) is 7.10. The normalized spacial score (nSPS) is 36.1. The minimum absolute atomic E-state index is 0.0676. The summed E-state index contributed by atoms with van der Waals surface area (Å²) in [6.07, 6.45) is 1.92. The predicted molar refractivity (Wildman–Crippen MR) is 51.9 cm³/mol. The Kier molecular flexibility index (Phi) is 2.44. The molecule has 0 aromatic carbocycles. The minimum atomic E-state index is -0.245. The van der Waals surface area contributed by atoms with Crippen molar-refractivity contribution in [1.82, 2.24) is 0 Å². The Hall–Kier alpha value is -1.06. The van der Waals surface area contributed by atoms with Crippen LogP contribution in [0.5, 0.6) is 0 Å². The van der Waals surface area contributed by atoms with Crippen LogP contribution in [0.4, 0.5) is 0 Å². The van der Waals surface area contributed by atoms with Crippen molar-refractivity contribution in [2.75, 3.05) is 13.2 Å². The highest BCUT2D eigenvalue weighted by atomic mass is 16.5. The van der Waals surface area contributed by atoms with Crippen molar-refractivity contribution >= 4 is 11.9 Å². The molecule has 4 heteroatoms. The van der Waals surface area contributed by atoms with E-state index in [4.69, 9.17) is 9.47 Å². The molecule has 0 aliphatic heterocycles. The summed E-state index contributed by atoms with van der Waals surface area (Å²) in [5.74, 6) is 0.127. The number of hydrogen-bond donors (Lipinski definition) is 0. The predicted octanol–water partition coefficient (Wildman–Crippen LogP) is 1.14. The number of carbonyl (C=O) groups is 2. The summed E-state index contributed by atoms with van der Waals surface area (Å²) in [6.45, 7) is 4.13. The van der Waals surface area contributed by atoms with Crippen molar-refractivity contribution in [1.29, 1.82) is 0 Å². The van der Waals surface area contributed by atoms with Crippen molar-refractivity contribution in [3.63, 3.8) is 0 Å². The summed E-state index contributed by atoms with van der Waals surface area (Å²) in [6, 6.07) is 0. The second-order valence-electron chi connectivity index (χ2n) is 4.45. The molecule has 2 aliphatic carbocycles. The highest BCUT2D eigenvalue weighted by Gasteiger charge is 2.73. The molecule has 15 heavy (non-hydrogen) atoms. The van der Waals surface area contributed by atoms with Crippen LogP contribution in [0.15, 0.2) is 0 Å². The molecule has 0 N–H and O–H groups in total. The second kappa shape index (κ2) is 3.51. The first-order valence-electron chi connectivity index (χ1n) is 5.40. The van der Waals surface area contributed by atoms with Gasteiger partial charge in [-0.05, 0) is 25.2 Å². The van der Waals surface area contributed by atoms with Crippen LogP contribution in [0.3, 0.4) is 0 Å². The van der Waals surface area contributed by atoms with Gasteiger partial charge in [0, 0.05) is 12.8 Å². The lowest BCUT2D eigenvalue weighted by atomic mass is 10.2. The Balaban J connectivity index is 1.75. The van der Waals surface area contributed by atoms with Crippen LogP contribution in [0.1, 0.15) is 26.7 Å². The van der Waals surface area contributed by atoms with E-state index in [0.717, 1.165) is 12.8 Å². The highest BCUT2D eigenvalue weighted by Crippen LogP contribution is 2.74. The van der Waals surface area contributed by atoms with E-state index in [0.29, 0.717) is 19.1 Å². The third-order valence-electron chi connectivity index (χ3n) is 3.46.